The standard InChI is InChI=1S/C47H49N3O7S2.2Na/c1-6-49(31-35-11-9-13-43(29-35)58(51,52)53)41-22-25-45(33(4)28-41)47(37-15-18-39(19-16-37)48-40-20-23-42(24-21-40)57-8-3)38-17-26-46(34(5)27-38)50(7-2)32-36-12-10-14-44(30-36)59(54,55)56;;/h9-30H,6-8,31-32H2,1-5H3,(H2,51,52,53,54,55,56);;/q;2*+1/p-1. The minimum atomic E-state index is -4.58. The molecular formula is C47H48N3Na2O7S2+. The minimum absolute atomic E-state index is 0. The molecule has 5 aromatic rings. The normalized spacial score (nSPS) is 14.2. The number of hydrogen-bond donors (Lipinski definition) is 1. The predicted octanol–water partition coefficient (Wildman–Crippen LogP) is 2.97. The fraction of sp³-hybridized carbons (Fsp3) is 0.213. The van der Waals surface area contributed by atoms with E-state index in [4.69, 9.17) is 4.74 Å². The Hall–Kier alpha value is -3.79. The van der Waals surface area contributed by atoms with E-state index in [1.165, 1.54) is 24.3 Å². The van der Waals surface area contributed by atoms with Crippen molar-refractivity contribution in [2.45, 2.75) is 57.5 Å². The van der Waals surface area contributed by atoms with Gasteiger partial charge in [-0.25, -0.2) is 21.4 Å². The maximum atomic E-state index is 11.7. The van der Waals surface area contributed by atoms with E-state index in [9.17, 15) is 25.9 Å². The summed E-state index contributed by atoms with van der Waals surface area (Å²) in [5.74, 6) is 0.812. The maximum Gasteiger partial charge on any atom is 1.00 e. The smallest absolute Gasteiger partial charge is 0.744 e. The second-order valence-corrected chi connectivity index (χ2v) is 17.0. The van der Waals surface area contributed by atoms with Crippen LogP contribution in [0.15, 0.2) is 154 Å². The summed E-state index contributed by atoms with van der Waals surface area (Å²) in [4.78, 5) is 1.64. The van der Waals surface area contributed by atoms with Crippen LogP contribution in [0.25, 0.3) is 5.57 Å². The fourth-order valence-corrected chi connectivity index (χ4v) is 8.33. The maximum absolute atomic E-state index is 11.7. The van der Waals surface area contributed by atoms with Crippen molar-refractivity contribution in [1.82, 2.24) is 0 Å². The minimum Gasteiger partial charge on any atom is -0.744 e. The average Bonchev–Trinajstić information content (AvgIpc) is 3.21. The molecule has 5 aromatic carbocycles. The molecule has 0 radical (unpaired) electrons. The van der Waals surface area contributed by atoms with E-state index < -0.39 is 20.2 Å². The van der Waals surface area contributed by atoms with Crippen molar-refractivity contribution in [3.8, 4) is 5.75 Å². The molecule has 0 aliphatic heterocycles. The van der Waals surface area contributed by atoms with Crippen LogP contribution < -0.4 is 74.1 Å². The number of rotatable bonds is 15. The van der Waals surface area contributed by atoms with Crippen molar-refractivity contribution in [2.75, 3.05) is 29.9 Å². The molecule has 6 rings (SSSR count). The Morgan fingerprint density at radius 3 is 1.85 bits per heavy atom. The van der Waals surface area contributed by atoms with Crippen LogP contribution in [0.1, 0.15) is 55.5 Å². The van der Waals surface area contributed by atoms with Crippen LogP contribution in [-0.2, 0) is 33.3 Å². The molecule has 0 heterocycles. The molecule has 1 aliphatic carbocycles. The summed E-state index contributed by atoms with van der Waals surface area (Å²) in [7, 11) is -9.15. The first-order valence-corrected chi connectivity index (χ1v) is 22.3. The summed E-state index contributed by atoms with van der Waals surface area (Å²) < 4.78 is 78.1. The van der Waals surface area contributed by atoms with Gasteiger partial charge in [0.05, 0.1) is 16.4 Å². The number of allylic oxidation sites excluding steroid dienone is 5. The van der Waals surface area contributed by atoms with Crippen LogP contribution >= 0.6 is 0 Å². The fourth-order valence-electron chi connectivity index (χ4n) is 7.25. The molecule has 14 heteroatoms. The number of hydrogen-bond acceptors (Lipinski definition) is 9. The van der Waals surface area contributed by atoms with Crippen molar-refractivity contribution in [3.05, 3.63) is 172 Å². The van der Waals surface area contributed by atoms with Crippen LogP contribution in [0.3, 0.4) is 0 Å². The van der Waals surface area contributed by atoms with E-state index in [0.29, 0.717) is 32.8 Å². The third-order valence-electron chi connectivity index (χ3n) is 10.2. The van der Waals surface area contributed by atoms with E-state index in [2.05, 4.69) is 89.3 Å². The van der Waals surface area contributed by atoms with E-state index >= 15 is 0 Å². The van der Waals surface area contributed by atoms with Gasteiger partial charge in [0.2, 0.25) is 5.71 Å². The Morgan fingerprint density at radius 1 is 0.721 bits per heavy atom. The van der Waals surface area contributed by atoms with Gasteiger partial charge in [0.15, 0.2) is 6.54 Å². The molecule has 1 N–H and O–H groups in total. The predicted molar refractivity (Wildman–Crippen MR) is 232 cm³/mol. The topological polar surface area (TPSA) is 142 Å². The van der Waals surface area contributed by atoms with Crippen LogP contribution in [0.4, 0.5) is 17.1 Å². The van der Waals surface area contributed by atoms with E-state index in [1.807, 2.05) is 57.2 Å². The van der Waals surface area contributed by atoms with Gasteiger partial charge < -0.3 is 24.1 Å². The van der Waals surface area contributed by atoms with Crippen molar-refractivity contribution in [2.24, 2.45) is 0 Å². The summed E-state index contributed by atoms with van der Waals surface area (Å²) in [6.45, 7) is 12.9. The molecule has 0 saturated carbocycles. The second kappa shape index (κ2) is 22.0. The van der Waals surface area contributed by atoms with Crippen LogP contribution in [0.5, 0.6) is 5.75 Å². The molecule has 0 aromatic heterocycles. The van der Waals surface area contributed by atoms with Gasteiger partial charge in [-0.15, -0.1) is 0 Å². The Balaban J connectivity index is 0.00000410. The van der Waals surface area contributed by atoms with Gasteiger partial charge in [-0.3, -0.25) is 0 Å². The molecule has 61 heavy (non-hydrogen) atoms. The summed E-state index contributed by atoms with van der Waals surface area (Å²) in [5, 5.41) is 3.48. The largest absolute Gasteiger partial charge is 1.00 e. The van der Waals surface area contributed by atoms with E-state index in [1.54, 1.807) is 12.1 Å². The monoisotopic (exact) mass is 876 g/mol. The molecular weight excluding hydrogens is 829 g/mol. The van der Waals surface area contributed by atoms with E-state index in [-0.39, 0.29) is 68.9 Å². The molecule has 0 spiro atoms. The van der Waals surface area contributed by atoms with E-state index in [0.717, 1.165) is 73.1 Å². The summed E-state index contributed by atoms with van der Waals surface area (Å²) in [5.41, 5.74) is 11.4. The molecule has 0 fully saturated rings. The van der Waals surface area contributed by atoms with Gasteiger partial charge in [-0.2, -0.15) is 0 Å². The summed E-state index contributed by atoms with van der Waals surface area (Å²) in [6, 6.07) is 34.8. The number of aryl methyl sites for hydroxylation is 1. The van der Waals surface area contributed by atoms with Crippen LogP contribution in [0.2, 0.25) is 0 Å². The molecule has 0 saturated heterocycles. The zero-order valence-corrected chi connectivity index (χ0v) is 41.4. The Bertz CT molecular complexity index is 2700. The van der Waals surface area contributed by atoms with Gasteiger partial charge in [-0.1, -0.05) is 42.5 Å². The Labute approximate surface area is 404 Å². The van der Waals surface area contributed by atoms with Crippen molar-refractivity contribution in [1.29, 1.82) is 0 Å². The van der Waals surface area contributed by atoms with Crippen molar-refractivity contribution in [3.63, 3.8) is 0 Å². The zero-order chi connectivity index (χ0) is 42.3. The van der Waals surface area contributed by atoms with Gasteiger partial charge in [-0.05, 0) is 153 Å². The first-order chi connectivity index (χ1) is 28.2. The molecule has 0 unspecified atom stereocenters. The van der Waals surface area contributed by atoms with Crippen molar-refractivity contribution < 1.29 is 94.4 Å². The average molecular weight is 877 g/mol. The molecule has 0 bridgehead atoms. The molecule has 0 atom stereocenters. The van der Waals surface area contributed by atoms with Crippen LogP contribution in [-0.4, -0.2) is 55.9 Å². The van der Waals surface area contributed by atoms with Gasteiger partial charge in [0, 0.05) is 47.4 Å². The second-order valence-electron chi connectivity index (χ2n) is 14.3. The zero-order valence-electron chi connectivity index (χ0n) is 35.8. The number of ether oxygens (including phenoxy) is 1. The SMILES string of the molecule is CCOc1ccc(Nc2ccc(/C(=C3/C=CC(=[N+](CC)Cc4cccc(S(=O)(=O)[O-])c4)C(C)=C3)c3ccc(N(CC)Cc4cccc(S(=O)(=O)[O-])c4)cc3C)cc2)cc1.[Na+].[Na+]. The Morgan fingerprint density at radius 2 is 1.31 bits per heavy atom. The number of nitrogens with one attached hydrogen (secondary N) is 1. The Kier molecular flexibility index (Phi) is 18.0. The molecule has 0 amide bonds. The van der Waals surface area contributed by atoms with Gasteiger partial charge in [0.1, 0.15) is 32.5 Å². The number of anilines is 3. The van der Waals surface area contributed by atoms with Crippen molar-refractivity contribution >= 4 is 48.6 Å². The number of nitrogens with zero attached hydrogens (tertiary/aromatic N) is 2. The van der Waals surface area contributed by atoms with Gasteiger partial charge in [0.25, 0.3) is 0 Å². The third-order valence-corrected chi connectivity index (χ3v) is 11.8. The van der Waals surface area contributed by atoms with Gasteiger partial charge >= 0.3 is 59.1 Å². The molecule has 1 aliphatic rings. The third kappa shape index (κ3) is 12.9. The first kappa shape index (κ1) is 49.9. The summed E-state index contributed by atoms with van der Waals surface area (Å²) >= 11 is 0. The molecule has 10 nitrogen and oxygen atoms in total. The van der Waals surface area contributed by atoms with Crippen LogP contribution in [0, 0.1) is 6.92 Å². The summed E-state index contributed by atoms with van der Waals surface area (Å²) in [6.07, 6.45) is 6.36. The first-order valence-electron chi connectivity index (χ1n) is 19.5. The number of benzene rings is 5. The molecule has 306 valence electrons. The quantitative estimate of drug-likeness (QED) is 0.0956.